The molecule has 0 aliphatic rings. The second-order valence-corrected chi connectivity index (χ2v) is 4.42. The third-order valence-electron chi connectivity index (χ3n) is 3.28. The van der Waals surface area contributed by atoms with E-state index in [1.807, 2.05) is 6.92 Å². The Morgan fingerprint density at radius 1 is 0.789 bits per heavy atom. The van der Waals surface area contributed by atoms with Gasteiger partial charge in [0.15, 0.2) is 11.6 Å². The highest BCUT2D eigenvalue weighted by Crippen LogP contribution is 2.29. The molecule has 2 aromatic rings. The molecule has 0 saturated heterocycles. The zero-order valence-corrected chi connectivity index (χ0v) is 10.9. The van der Waals surface area contributed by atoms with Crippen molar-refractivity contribution in [2.24, 2.45) is 0 Å². The van der Waals surface area contributed by atoms with Crippen LogP contribution in [0.5, 0.6) is 0 Å². The predicted molar refractivity (Wildman–Crippen MR) is 70.5 cm³/mol. The van der Waals surface area contributed by atoms with Gasteiger partial charge in [0.2, 0.25) is 0 Å². The quantitative estimate of drug-likeness (QED) is 0.740. The van der Waals surface area contributed by atoms with Gasteiger partial charge in [-0.05, 0) is 30.0 Å². The van der Waals surface area contributed by atoms with Gasteiger partial charge in [0, 0.05) is 11.1 Å². The van der Waals surface area contributed by atoms with E-state index in [1.54, 1.807) is 13.0 Å². The second-order valence-electron chi connectivity index (χ2n) is 4.42. The lowest BCUT2D eigenvalue weighted by Gasteiger charge is -2.09. The fourth-order valence-electron chi connectivity index (χ4n) is 2.07. The first kappa shape index (κ1) is 13.7. The van der Waals surface area contributed by atoms with Crippen LogP contribution in [0, 0.1) is 17.5 Å². The Bertz CT molecular complexity index is 603. The minimum Gasteiger partial charge on any atom is -0.206 e. The summed E-state index contributed by atoms with van der Waals surface area (Å²) in [5, 5.41) is 0. The van der Waals surface area contributed by atoms with Crippen LogP contribution in [0.2, 0.25) is 0 Å². The first-order valence-corrected chi connectivity index (χ1v) is 6.34. The lowest BCUT2D eigenvalue weighted by molar-refractivity contribution is 0.501. The first-order chi connectivity index (χ1) is 9.08. The summed E-state index contributed by atoms with van der Waals surface area (Å²) in [6.07, 6.45) is 1.10. The average Bonchev–Trinajstić information content (AvgIpc) is 2.42. The molecule has 2 aromatic carbocycles. The van der Waals surface area contributed by atoms with Gasteiger partial charge in [0.1, 0.15) is 5.82 Å². The number of aryl methyl sites for hydroxylation is 2. The maximum Gasteiger partial charge on any atom is 0.167 e. The molecular formula is C16H15F3. The highest BCUT2D eigenvalue weighted by molar-refractivity contribution is 5.65. The van der Waals surface area contributed by atoms with Crippen LogP contribution in [0.4, 0.5) is 13.2 Å². The van der Waals surface area contributed by atoms with Crippen molar-refractivity contribution in [2.45, 2.75) is 26.7 Å². The lowest BCUT2D eigenvalue weighted by atomic mass is 9.99. The van der Waals surface area contributed by atoms with E-state index in [1.165, 1.54) is 24.3 Å². The van der Waals surface area contributed by atoms with Crippen molar-refractivity contribution in [1.29, 1.82) is 0 Å². The number of rotatable bonds is 3. The van der Waals surface area contributed by atoms with Crippen molar-refractivity contribution in [2.75, 3.05) is 0 Å². The fraction of sp³-hybridized carbons (Fsp3) is 0.250. The number of halogens is 3. The topological polar surface area (TPSA) is 0 Å². The maximum atomic E-state index is 14.0. The molecule has 0 amide bonds. The molecule has 0 heterocycles. The summed E-state index contributed by atoms with van der Waals surface area (Å²) in [7, 11) is 0. The third kappa shape index (κ3) is 2.50. The van der Waals surface area contributed by atoms with Gasteiger partial charge >= 0.3 is 0 Å². The molecular weight excluding hydrogens is 249 g/mol. The predicted octanol–water partition coefficient (Wildman–Crippen LogP) is 4.90. The van der Waals surface area contributed by atoms with Crippen LogP contribution >= 0.6 is 0 Å². The molecule has 0 saturated carbocycles. The van der Waals surface area contributed by atoms with E-state index >= 15 is 0 Å². The van der Waals surface area contributed by atoms with Crippen molar-refractivity contribution in [3.63, 3.8) is 0 Å². The first-order valence-electron chi connectivity index (χ1n) is 6.34. The normalized spacial score (nSPS) is 10.8. The van der Waals surface area contributed by atoms with Crippen LogP contribution in [0.25, 0.3) is 11.1 Å². The molecule has 0 N–H and O–H groups in total. The van der Waals surface area contributed by atoms with Crippen molar-refractivity contribution in [3.8, 4) is 11.1 Å². The molecule has 0 aliphatic carbocycles. The average molecular weight is 264 g/mol. The molecule has 0 bridgehead atoms. The fourth-order valence-corrected chi connectivity index (χ4v) is 2.07. The highest BCUT2D eigenvalue weighted by Gasteiger charge is 2.16. The van der Waals surface area contributed by atoms with Crippen LogP contribution < -0.4 is 0 Å². The van der Waals surface area contributed by atoms with Gasteiger partial charge in [-0.15, -0.1) is 0 Å². The van der Waals surface area contributed by atoms with E-state index in [0.29, 0.717) is 18.4 Å². The van der Waals surface area contributed by atoms with E-state index < -0.39 is 17.5 Å². The van der Waals surface area contributed by atoms with Gasteiger partial charge in [-0.2, -0.15) is 0 Å². The van der Waals surface area contributed by atoms with Crippen LogP contribution in [0.3, 0.4) is 0 Å². The van der Waals surface area contributed by atoms with E-state index in [4.69, 9.17) is 0 Å². The summed E-state index contributed by atoms with van der Waals surface area (Å²) < 4.78 is 41.6. The summed E-state index contributed by atoms with van der Waals surface area (Å²) in [6.45, 7) is 3.65. The smallest absolute Gasteiger partial charge is 0.167 e. The summed E-state index contributed by atoms with van der Waals surface area (Å²) >= 11 is 0. The van der Waals surface area contributed by atoms with Crippen LogP contribution in [-0.4, -0.2) is 0 Å². The molecule has 2 rings (SSSR count). The minimum atomic E-state index is -0.984. The van der Waals surface area contributed by atoms with Crippen LogP contribution in [-0.2, 0) is 12.8 Å². The Hall–Kier alpha value is -1.77. The SMILES string of the molecule is CCc1ccc(-c2ccc(CC)c(F)c2F)c(F)c1. The van der Waals surface area contributed by atoms with Crippen LogP contribution in [0.15, 0.2) is 30.3 Å². The van der Waals surface area contributed by atoms with Gasteiger partial charge < -0.3 is 0 Å². The van der Waals surface area contributed by atoms with Crippen molar-refractivity contribution in [1.82, 2.24) is 0 Å². The Kier molecular flexibility index (Phi) is 3.93. The summed E-state index contributed by atoms with van der Waals surface area (Å²) in [4.78, 5) is 0. The van der Waals surface area contributed by atoms with E-state index in [9.17, 15) is 13.2 Å². The van der Waals surface area contributed by atoms with Crippen molar-refractivity contribution >= 4 is 0 Å². The third-order valence-corrected chi connectivity index (χ3v) is 3.28. The van der Waals surface area contributed by atoms with Crippen molar-refractivity contribution < 1.29 is 13.2 Å². The molecule has 0 aliphatic heterocycles. The summed E-state index contributed by atoms with van der Waals surface area (Å²) in [5.41, 5.74) is 1.19. The molecule has 0 spiro atoms. The molecule has 3 heteroatoms. The highest BCUT2D eigenvalue weighted by atomic mass is 19.2. The van der Waals surface area contributed by atoms with E-state index in [-0.39, 0.29) is 11.1 Å². The van der Waals surface area contributed by atoms with Crippen LogP contribution in [0.1, 0.15) is 25.0 Å². The minimum absolute atomic E-state index is 0.0325. The Labute approximate surface area is 110 Å². The molecule has 0 atom stereocenters. The lowest BCUT2D eigenvalue weighted by Crippen LogP contribution is -1.97. The molecule has 0 radical (unpaired) electrons. The van der Waals surface area contributed by atoms with Gasteiger partial charge in [-0.1, -0.05) is 38.1 Å². The molecule has 19 heavy (non-hydrogen) atoms. The van der Waals surface area contributed by atoms with Gasteiger partial charge in [-0.3, -0.25) is 0 Å². The largest absolute Gasteiger partial charge is 0.206 e. The molecule has 0 unspecified atom stereocenters. The Balaban J connectivity index is 2.56. The molecule has 0 aromatic heterocycles. The molecule has 0 fully saturated rings. The van der Waals surface area contributed by atoms with Gasteiger partial charge in [-0.25, -0.2) is 13.2 Å². The maximum absolute atomic E-state index is 14.0. The van der Waals surface area contributed by atoms with Gasteiger partial charge in [0.05, 0.1) is 0 Å². The second kappa shape index (κ2) is 5.47. The zero-order chi connectivity index (χ0) is 14.0. The zero-order valence-electron chi connectivity index (χ0n) is 10.9. The Morgan fingerprint density at radius 2 is 1.47 bits per heavy atom. The number of hydrogen-bond donors (Lipinski definition) is 0. The molecule has 100 valence electrons. The number of hydrogen-bond acceptors (Lipinski definition) is 0. The molecule has 0 nitrogen and oxygen atoms in total. The van der Waals surface area contributed by atoms with E-state index in [2.05, 4.69) is 0 Å². The Morgan fingerprint density at radius 3 is 2.05 bits per heavy atom. The standard InChI is InChI=1S/C16H15F3/c1-3-10-5-7-12(14(17)9-10)13-8-6-11(4-2)15(18)16(13)19/h5-9H,3-4H2,1-2H3. The van der Waals surface area contributed by atoms with Gasteiger partial charge in [0.25, 0.3) is 0 Å². The monoisotopic (exact) mass is 264 g/mol. The van der Waals surface area contributed by atoms with E-state index in [0.717, 1.165) is 5.56 Å². The summed E-state index contributed by atoms with van der Waals surface area (Å²) in [6, 6.07) is 7.52. The summed E-state index contributed by atoms with van der Waals surface area (Å²) in [5.74, 6) is -2.40. The number of benzene rings is 2. The van der Waals surface area contributed by atoms with Crippen molar-refractivity contribution in [3.05, 3.63) is 58.9 Å².